The number of hydrogen-bond acceptors (Lipinski definition) is 2. The number of thiophene rings is 1. The van der Waals surface area contributed by atoms with E-state index in [0.717, 1.165) is 23.7 Å². The van der Waals surface area contributed by atoms with Crippen LogP contribution < -0.4 is 5.32 Å². The molecule has 1 aromatic carbocycles. The van der Waals surface area contributed by atoms with Crippen molar-refractivity contribution in [1.29, 1.82) is 0 Å². The van der Waals surface area contributed by atoms with E-state index in [0.29, 0.717) is 0 Å². The molecule has 2 aliphatic carbocycles. The summed E-state index contributed by atoms with van der Waals surface area (Å²) >= 11 is 1.85. The summed E-state index contributed by atoms with van der Waals surface area (Å²) in [5, 5.41) is 7.08. The van der Waals surface area contributed by atoms with Gasteiger partial charge in [0.15, 0.2) is 0 Å². The highest BCUT2D eigenvalue weighted by molar-refractivity contribution is 7.17. The van der Waals surface area contributed by atoms with Gasteiger partial charge in [-0.2, -0.15) is 0 Å². The van der Waals surface area contributed by atoms with Crippen molar-refractivity contribution < 1.29 is 0 Å². The van der Waals surface area contributed by atoms with Gasteiger partial charge in [-0.05, 0) is 85.0 Å². The average molecular weight is 271 g/mol. The number of hydrogen-bond donors (Lipinski definition) is 1. The molecule has 2 saturated carbocycles. The van der Waals surface area contributed by atoms with E-state index in [1.165, 1.54) is 35.9 Å². The van der Waals surface area contributed by atoms with Crippen LogP contribution in [0.25, 0.3) is 10.1 Å². The molecule has 2 bridgehead atoms. The lowest BCUT2D eigenvalue weighted by Crippen LogP contribution is -2.29. The first kappa shape index (κ1) is 11.9. The monoisotopic (exact) mass is 271 g/mol. The van der Waals surface area contributed by atoms with Gasteiger partial charge in [0.1, 0.15) is 0 Å². The summed E-state index contributed by atoms with van der Waals surface area (Å²) in [5.74, 6) is 3.58. The van der Waals surface area contributed by atoms with Crippen LogP contribution in [0.2, 0.25) is 0 Å². The van der Waals surface area contributed by atoms with Gasteiger partial charge in [-0.1, -0.05) is 12.1 Å². The highest BCUT2D eigenvalue weighted by Crippen LogP contribution is 2.56. The summed E-state index contributed by atoms with van der Waals surface area (Å²) in [7, 11) is 2.10. The van der Waals surface area contributed by atoms with Crippen molar-refractivity contribution >= 4 is 21.4 Å². The van der Waals surface area contributed by atoms with Gasteiger partial charge in [0.25, 0.3) is 0 Å². The minimum atomic E-state index is 0.801. The molecule has 0 aliphatic heterocycles. The van der Waals surface area contributed by atoms with Crippen molar-refractivity contribution in [2.24, 2.45) is 17.8 Å². The highest BCUT2D eigenvalue weighted by Gasteiger charge is 2.47. The lowest BCUT2D eigenvalue weighted by molar-refractivity contribution is 0.282. The molecule has 4 unspecified atom stereocenters. The Kier molecular flexibility index (Phi) is 2.89. The zero-order valence-electron chi connectivity index (χ0n) is 11.4. The van der Waals surface area contributed by atoms with Crippen molar-refractivity contribution in [3.63, 3.8) is 0 Å². The largest absolute Gasteiger partial charge is 0.319 e. The molecule has 1 aromatic heterocycles. The van der Waals surface area contributed by atoms with Gasteiger partial charge < -0.3 is 5.32 Å². The van der Waals surface area contributed by atoms with Crippen LogP contribution >= 0.6 is 11.3 Å². The molecule has 4 atom stereocenters. The fourth-order valence-corrected chi connectivity index (χ4v) is 5.42. The molecule has 1 heterocycles. The standard InChI is InChI=1S/C17H21NS/c1-18-10-15-11-2-3-13(8-11)17(15)14-4-5-16-12(9-14)6-7-19-16/h4-7,9,11,13,15,17-18H,2-3,8,10H2,1H3. The van der Waals surface area contributed by atoms with Crippen molar-refractivity contribution in [1.82, 2.24) is 5.32 Å². The predicted octanol–water partition coefficient (Wildman–Crippen LogP) is 4.25. The number of benzene rings is 1. The van der Waals surface area contributed by atoms with Crippen molar-refractivity contribution in [3.05, 3.63) is 35.2 Å². The van der Waals surface area contributed by atoms with Gasteiger partial charge in [0.2, 0.25) is 0 Å². The molecule has 2 fully saturated rings. The molecule has 0 radical (unpaired) electrons. The van der Waals surface area contributed by atoms with Gasteiger partial charge in [-0.25, -0.2) is 0 Å². The van der Waals surface area contributed by atoms with E-state index in [2.05, 4.69) is 42.0 Å². The molecule has 2 heteroatoms. The normalized spacial score (nSPS) is 33.3. The maximum Gasteiger partial charge on any atom is 0.0342 e. The zero-order chi connectivity index (χ0) is 12.8. The Labute approximate surface area is 119 Å². The summed E-state index contributed by atoms with van der Waals surface area (Å²) < 4.78 is 1.43. The molecule has 0 spiro atoms. The van der Waals surface area contributed by atoms with Crippen LogP contribution in [0.5, 0.6) is 0 Å². The minimum Gasteiger partial charge on any atom is -0.319 e. The molecule has 2 aromatic rings. The molecule has 100 valence electrons. The van der Waals surface area contributed by atoms with Crippen LogP contribution in [0.4, 0.5) is 0 Å². The quantitative estimate of drug-likeness (QED) is 0.880. The van der Waals surface area contributed by atoms with Crippen LogP contribution in [0.15, 0.2) is 29.6 Å². The highest BCUT2D eigenvalue weighted by atomic mass is 32.1. The van der Waals surface area contributed by atoms with Gasteiger partial charge >= 0.3 is 0 Å². The third-order valence-electron chi connectivity index (χ3n) is 5.39. The van der Waals surface area contributed by atoms with Crippen LogP contribution in [-0.4, -0.2) is 13.6 Å². The van der Waals surface area contributed by atoms with Gasteiger partial charge in [-0.15, -0.1) is 11.3 Å². The van der Waals surface area contributed by atoms with Crippen molar-refractivity contribution in [2.45, 2.75) is 25.2 Å². The fourth-order valence-electron chi connectivity index (χ4n) is 4.65. The first-order valence-electron chi connectivity index (χ1n) is 7.48. The third-order valence-corrected chi connectivity index (χ3v) is 6.29. The van der Waals surface area contributed by atoms with E-state index in [4.69, 9.17) is 0 Å². The molecule has 1 nitrogen and oxygen atoms in total. The van der Waals surface area contributed by atoms with Gasteiger partial charge in [0, 0.05) is 4.70 Å². The van der Waals surface area contributed by atoms with E-state index >= 15 is 0 Å². The van der Waals surface area contributed by atoms with E-state index in [9.17, 15) is 0 Å². The predicted molar refractivity (Wildman–Crippen MR) is 82.8 cm³/mol. The maximum atomic E-state index is 3.43. The smallest absolute Gasteiger partial charge is 0.0342 e. The van der Waals surface area contributed by atoms with Crippen molar-refractivity contribution in [3.8, 4) is 0 Å². The Morgan fingerprint density at radius 2 is 2.11 bits per heavy atom. The Hall–Kier alpha value is -0.860. The summed E-state index contributed by atoms with van der Waals surface area (Å²) in [5.41, 5.74) is 1.60. The van der Waals surface area contributed by atoms with Crippen LogP contribution in [0, 0.1) is 17.8 Å². The second kappa shape index (κ2) is 4.60. The van der Waals surface area contributed by atoms with Gasteiger partial charge in [-0.3, -0.25) is 0 Å². The molecule has 0 saturated heterocycles. The maximum absolute atomic E-state index is 3.43. The Morgan fingerprint density at radius 3 is 3.00 bits per heavy atom. The van der Waals surface area contributed by atoms with Gasteiger partial charge in [0.05, 0.1) is 0 Å². The summed E-state index contributed by atoms with van der Waals surface area (Å²) in [6, 6.07) is 9.45. The second-order valence-electron chi connectivity index (χ2n) is 6.30. The first-order valence-corrected chi connectivity index (χ1v) is 8.36. The first-order chi connectivity index (χ1) is 9.36. The molecule has 4 rings (SSSR count). The molecule has 2 aliphatic rings. The Morgan fingerprint density at radius 1 is 1.21 bits per heavy atom. The van der Waals surface area contributed by atoms with E-state index in [1.807, 2.05) is 11.3 Å². The Balaban J connectivity index is 1.72. The van der Waals surface area contributed by atoms with Crippen LogP contribution in [0.3, 0.4) is 0 Å². The number of rotatable bonds is 3. The summed E-state index contributed by atoms with van der Waals surface area (Å²) in [6.45, 7) is 1.19. The lowest BCUT2D eigenvalue weighted by atomic mass is 9.75. The van der Waals surface area contributed by atoms with Crippen LogP contribution in [-0.2, 0) is 0 Å². The van der Waals surface area contributed by atoms with E-state index in [1.54, 1.807) is 5.56 Å². The molecule has 19 heavy (non-hydrogen) atoms. The topological polar surface area (TPSA) is 12.0 Å². The summed E-state index contributed by atoms with van der Waals surface area (Å²) in [6.07, 6.45) is 4.39. The summed E-state index contributed by atoms with van der Waals surface area (Å²) in [4.78, 5) is 0. The molecule has 0 amide bonds. The minimum absolute atomic E-state index is 0.801. The van der Waals surface area contributed by atoms with Crippen LogP contribution in [0.1, 0.15) is 30.7 Å². The molecule has 1 N–H and O–H groups in total. The molecular weight excluding hydrogens is 250 g/mol. The third kappa shape index (κ3) is 1.85. The van der Waals surface area contributed by atoms with Crippen molar-refractivity contribution in [2.75, 3.05) is 13.6 Å². The van der Waals surface area contributed by atoms with E-state index < -0.39 is 0 Å². The zero-order valence-corrected chi connectivity index (χ0v) is 12.2. The van der Waals surface area contributed by atoms with E-state index in [-0.39, 0.29) is 0 Å². The second-order valence-corrected chi connectivity index (χ2v) is 7.25. The SMILES string of the molecule is CNCC1C2CCC(C2)C1c1ccc2sccc2c1. The molecular formula is C17H21NS. The number of fused-ring (bicyclic) bond motifs is 3. The number of nitrogens with one attached hydrogen (secondary N) is 1. The average Bonchev–Trinajstić information content (AvgIpc) is 3.13. The fraction of sp³-hybridized carbons (Fsp3) is 0.529. The Bertz CT molecular complexity index is 588. The lowest BCUT2D eigenvalue weighted by Gasteiger charge is -2.31.